The van der Waals surface area contributed by atoms with Crippen molar-refractivity contribution in [2.24, 2.45) is 0 Å². The van der Waals surface area contributed by atoms with Gasteiger partial charge in [0.15, 0.2) is 0 Å². The number of piperidine rings is 1. The predicted octanol–water partition coefficient (Wildman–Crippen LogP) is 2.83. The van der Waals surface area contributed by atoms with Crippen LogP contribution in [-0.2, 0) is 17.9 Å². The van der Waals surface area contributed by atoms with E-state index in [9.17, 15) is 4.79 Å². The van der Waals surface area contributed by atoms with E-state index < -0.39 is 0 Å². The summed E-state index contributed by atoms with van der Waals surface area (Å²) in [4.78, 5) is 21.8. The zero-order chi connectivity index (χ0) is 19.2. The van der Waals surface area contributed by atoms with Gasteiger partial charge in [-0.1, -0.05) is 30.3 Å². The van der Waals surface area contributed by atoms with Crippen molar-refractivity contribution in [1.29, 1.82) is 0 Å². The number of carbonyl (C=O) groups excluding carboxylic acids is 1. The summed E-state index contributed by atoms with van der Waals surface area (Å²) in [6.45, 7) is 4.91. The number of benzene rings is 1. The van der Waals surface area contributed by atoms with E-state index in [1.807, 2.05) is 18.5 Å². The predicted molar refractivity (Wildman–Crippen MR) is 111 cm³/mol. The number of nitrogens with one attached hydrogen (secondary N) is 1. The Morgan fingerprint density at radius 2 is 1.64 bits per heavy atom. The normalized spacial score (nSPS) is 21.6. The van der Waals surface area contributed by atoms with Gasteiger partial charge < -0.3 is 5.32 Å². The van der Waals surface area contributed by atoms with Gasteiger partial charge in [0.05, 0.1) is 6.04 Å². The highest BCUT2D eigenvalue weighted by Crippen LogP contribution is 2.21. The minimum Gasteiger partial charge on any atom is -0.352 e. The Bertz CT molecular complexity index is 744. The van der Waals surface area contributed by atoms with Crippen LogP contribution in [0.5, 0.6) is 0 Å². The lowest BCUT2D eigenvalue weighted by Crippen LogP contribution is -2.50. The summed E-state index contributed by atoms with van der Waals surface area (Å²) in [5.41, 5.74) is 2.59. The molecule has 1 atom stereocenters. The maximum Gasteiger partial charge on any atom is 0.237 e. The molecule has 1 aromatic heterocycles. The number of hydrogen-bond donors (Lipinski definition) is 1. The Kier molecular flexibility index (Phi) is 6.34. The van der Waals surface area contributed by atoms with Crippen molar-refractivity contribution in [3.63, 3.8) is 0 Å². The molecule has 2 aliphatic heterocycles. The van der Waals surface area contributed by atoms with Crippen LogP contribution in [0.4, 0.5) is 0 Å². The fraction of sp³-hybridized carbons (Fsp3) is 0.478. The zero-order valence-electron chi connectivity index (χ0n) is 16.5. The first kappa shape index (κ1) is 19.1. The third-order valence-electron chi connectivity index (χ3n) is 5.98. The molecule has 0 bridgehead atoms. The maximum atomic E-state index is 12.9. The number of rotatable bonds is 6. The average Bonchev–Trinajstić information content (AvgIpc) is 3.19. The van der Waals surface area contributed by atoms with Gasteiger partial charge in [-0.15, -0.1) is 0 Å². The first-order valence-electron chi connectivity index (χ1n) is 10.5. The Balaban J connectivity index is 1.25. The fourth-order valence-corrected chi connectivity index (χ4v) is 4.41. The van der Waals surface area contributed by atoms with E-state index in [4.69, 9.17) is 0 Å². The summed E-state index contributed by atoms with van der Waals surface area (Å²) in [7, 11) is 0. The molecular weight excluding hydrogens is 348 g/mol. The van der Waals surface area contributed by atoms with Gasteiger partial charge in [-0.2, -0.15) is 0 Å². The molecule has 148 valence electrons. The molecule has 2 aromatic rings. The van der Waals surface area contributed by atoms with Gasteiger partial charge in [-0.25, -0.2) is 0 Å². The lowest BCUT2D eigenvalue weighted by atomic mass is 10.0. The van der Waals surface area contributed by atoms with Gasteiger partial charge in [0, 0.05) is 44.6 Å². The van der Waals surface area contributed by atoms with E-state index in [1.165, 1.54) is 11.1 Å². The van der Waals surface area contributed by atoms with Crippen LogP contribution < -0.4 is 5.32 Å². The van der Waals surface area contributed by atoms with E-state index in [1.54, 1.807) is 0 Å². The van der Waals surface area contributed by atoms with Gasteiger partial charge in [0.2, 0.25) is 5.91 Å². The summed E-state index contributed by atoms with van der Waals surface area (Å²) >= 11 is 0. The minimum absolute atomic E-state index is 0.0232. The van der Waals surface area contributed by atoms with Crippen molar-refractivity contribution in [2.75, 3.05) is 19.6 Å². The van der Waals surface area contributed by atoms with Gasteiger partial charge in [0.25, 0.3) is 0 Å². The van der Waals surface area contributed by atoms with Crippen LogP contribution in [0.25, 0.3) is 0 Å². The van der Waals surface area contributed by atoms with Crippen LogP contribution in [-0.4, -0.2) is 52.4 Å². The van der Waals surface area contributed by atoms with Crippen molar-refractivity contribution in [3.05, 3.63) is 66.0 Å². The molecule has 28 heavy (non-hydrogen) atoms. The zero-order valence-corrected chi connectivity index (χ0v) is 16.5. The number of carbonyl (C=O) groups is 1. The number of likely N-dealkylation sites (tertiary alicyclic amines) is 2. The molecule has 2 aliphatic rings. The average molecular weight is 379 g/mol. The molecule has 1 aromatic carbocycles. The molecule has 0 saturated carbocycles. The highest BCUT2D eigenvalue weighted by molar-refractivity contribution is 5.82. The maximum absolute atomic E-state index is 12.9. The van der Waals surface area contributed by atoms with Crippen LogP contribution in [0.3, 0.4) is 0 Å². The highest BCUT2D eigenvalue weighted by Gasteiger charge is 2.32. The van der Waals surface area contributed by atoms with Crippen LogP contribution in [0.15, 0.2) is 54.9 Å². The Labute approximate surface area is 167 Å². The number of aromatic nitrogens is 1. The number of nitrogens with zero attached hydrogens (tertiary/aromatic N) is 3. The van der Waals surface area contributed by atoms with Crippen molar-refractivity contribution < 1.29 is 4.79 Å². The van der Waals surface area contributed by atoms with Gasteiger partial charge in [-0.05, 0) is 55.5 Å². The molecule has 2 saturated heterocycles. The van der Waals surface area contributed by atoms with Crippen molar-refractivity contribution in [2.45, 2.75) is 50.9 Å². The molecule has 1 N–H and O–H groups in total. The standard InChI is InChI=1S/C23H30N4O/c28-23(22-7-4-14-27(22)18-19-5-2-1-3-6-19)25-21-10-15-26(16-11-21)17-20-8-12-24-13-9-20/h1-3,5-6,8-9,12-13,21-22H,4,7,10-11,14-18H2,(H,25,28)/t22-/m0/s1. The van der Waals surface area contributed by atoms with E-state index in [2.05, 4.69) is 56.5 Å². The number of amides is 1. The third-order valence-corrected chi connectivity index (χ3v) is 5.98. The number of hydrogen-bond acceptors (Lipinski definition) is 4. The van der Waals surface area contributed by atoms with Crippen molar-refractivity contribution in [1.82, 2.24) is 20.1 Å². The van der Waals surface area contributed by atoms with Crippen LogP contribution in [0.1, 0.15) is 36.8 Å². The van der Waals surface area contributed by atoms with Crippen LogP contribution >= 0.6 is 0 Å². The molecule has 0 radical (unpaired) electrons. The van der Waals surface area contributed by atoms with Gasteiger partial charge in [0.1, 0.15) is 0 Å². The molecule has 4 rings (SSSR count). The monoisotopic (exact) mass is 378 g/mol. The summed E-state index contributed by atoms with van der Waals surface area (Å²) in [6.07, 6.45) is 7.84. The second-order valence-corrected chi connectivity index (χ2v) is 8.03. The largest absolute Gasteiger partial charge is 0.352 e. The molecule has 0 unspecified atom stereocenters. The van der Waals surface area contributed by atoms with E-state index in [0.29, 0.717) is 6.04 Å². The second-order valence-electron chi connectivity index (χ2n) is 8.03. The van der Waals surface area contributed by atoms with Crippen LogP contribution in [0.2, 0.25) is 0 Å². The number of pyridine rings is 1. The smallest absolute Gasteiger partial charge is 0.237 e. The lowest BCUT2D eigenvalue weighted by molar-refractivity contribution is -0.126. The lowest BCUT2D eigenvalue weighted by Gasteiger charge is -2.33. The molecule has 2 fully saturated rings. The highest BCUT2D eigenvalue weighted by atomic mass is 16.2. The first-order chi connectivity index (χ1) is 13.8. The topological polar surface area (TPSA) is 48.5 Å². The minimum atomic E-state index is 0.0232. The molecular formula is C23H30N4O. The Hall–Kier alpha value is -2.24. The first-order valence-corrected chi connectivity index (χ1v) is 10.5. The van der Waals surface area contributed by atoms with E-state index in [0.717, 1.165) is 58.4 Å². The fourth-order valence-electron chi connectivity index (χ4n) is 4.41. The quantitative estimate of drug-likeness (QED) is 0.840. The van der Waals surface area contributed by atoms with Gasteiger partial charge >= 0.3 is 0 Å². The molecule has 0 spiro atoms. The van der Waals surface area contributed by atoms with E-state index in [-0.39, 0.29) is 11.9 Å². The molecule has 0 aliphatic carbocycles. The van der Waals surface area contributed by atoms with Gasteiger partial charge in [-0.3, -0.25) is 19.6 Å². The Morgan fingerprint density at radius 1 is 0.929 bits per heavy atom. The van der Waals surface area contributed by atoms with E-state index >= 15 is 0 Å². The van der Waals surface area contributed by atoms with Crippen molar-refractivity contribution in [3.8, 4) is 0 Å². The summed E-state index contributed by atoms with van der Waals surface area (Å²) in [6, 6.07) is 15.0. The Morgan fingerprint density at radius 3 is 2.39 bits per heavy atom. The van der Waals surface area contributed by atoms with Crippen LogP contribution in [0, 0.1) is 0 Å². The molecule has 5 heteroatoms. The summed E-state index contributed by atoms with van der Waals surface area (Å²) in [5.74, 6) is 0.223. The third kappa shape index (κ3) is 4.97. The SMILES string of the molecule is O=C(NC1CCN(Cc2ccncc2)CC1)[C@@H]1CCCN1Cc1ccccc1. The summed E-state index contributed by atoms with van der Waals surface area (Å²) in [5, 5.41) is 3.34. The van der Waals surface area contributed by atoms with Crippen molar-refractivity contribution >= 4 is 5.91 Å². The molecule has 5 nitrogen and oxygen atoms in total. The molecule has 1 amide bonds. The second kappa shape index (κ2) is 9.30. The molecule has 3 heterocycles. The summed E-state index contributed by atoms with van der Waals surface area (Å²) < 4.78 is 0.